The van der Waals surface area contributed by atoms with Gasteiger partial charge in [0.15, 0.2) is 0 Å². The highest BCUT2D eigenvalue weighted by atomic mass is 16.6. The lowest BCUT2D eigenvalue weighted by atomic mass is 9.84. The highest BCUT2D eigenvalue weighted by Crippen LogP contribution is 2.38. The summed E-state index contributed by atoms with van der Waals surface area (Å²) in [5.41, 5.74) is 17.7. The van der Waals surface area contributed by atoms with Gasteiger partial charge in [0, 0.05) is 30.5 Å². The molecule has 9 N–H and O–H groups in total. The molecule has 0 spiro atoms. The summed E-state index contributed by atoms with van der Waals surface area (Å²) in [4.78, 5) is 31.0. The summed E-state index contributed by atoms with van der Waals surface area (Å²) in [7, 11) is 1.38. The van der Waals surface area contributed by atoms with Crippen LogP contribution in [0.1, 0.15) is 109 Å². The van der Waals surface area contributed by atoms with Crippen molar-refractivity contribution in [1.82, 2.24) is 35.3 Å². The molecule has 64 heavy (non-hydrogen) atoms. The van der Waals surface area contributed by atoms with Gasteiger partial charge in [0.1, 0.15) is 44.9 Å². The van der Waals surface area contributed by atoms with E-state index < -0.39 is 0 Å². The number of rotatable bonds is 17. The first kappa shape index (κ1) is 50.7. The summed E-state index contributed by atoms with van der Waals surface area (Å²) in [6, 6.07) is 22.8. The van der Waals surface area contributed by atoms with Crippen LogP contribution in [0.5, 0.6) is 11.5 Å². The Morgan fingerprint density at radius 2 is 1.06 bits per heavy atom. The average Bonchev–Trinajstić information content (AvgIpc) is 3.90. The van der Waals surface area contributed by atoms with E-state index >= 15 is 0 Å². The predicted molar refractivity (Wildman–Crippen MR) is 251 cm³/mol. The van der Waals surface area contributed by atoms with Gasteiger partial charge < -0.3 is 36.6 Å². The van der Waals surface area contributed by atoms with Crippen molar-refractivity contribution in [2.45, 2.75) is 110 Å². The van der Waals surface area contributed by atoms with Crippen LogP contribution in [0.25, 0.3) is 33.4 Å². The number of phenols is 2. The molecule has 0 unspecified atom stereocenters. The zero-order chi connectivity index (χ0) is 46.9. The number of nitrogens with two attached hydrogens (primary N) is 3. The number of hydrogen-bond donors (Lipinski definition) is 6. The number of hydrogen-bond acceptors (Lipinski definition) is 13. The van der Waals surface area contributed by atoms with Crippen molar-refractivity contribution in [3.63, 3.8) is 0 Å². The molecule has 0 atom stereocenters. The van der Waals surface area contributed by atoms with Gasteiger partial charge >= 0.3 is 5.97 Å². The van der Waals surface area contributed by atoms with Gasteiger partial charge in [-0.05, 0) is 110 Å². The second-order valence-corrected chi connectivity index (χ2v) is 17.6. The molecule has 0 fully saturated rings. The summed E-state index contributed by atoms with van der Waals surface area (Å²) in [6.07, 6.45) is 6.67. The Hall–Kier alpha value is -5.94. The molecule has 6 rings (SSSR count). The van der Waals surface area contributed by atoms with Crippen LogP contribution >= 0.6 is 0 Å². The number of nitrogens with zero attached hydrogens (tertiary/aromatic N) is 6. The number of fused-ring (bicyclic) bond motifs is 2. The number of carbonyl (C=O) groups is 2. The minimum absolute atomic E-state index is 0.0302. The van der Waals surface area contributed by atoms with E-state index in [-0.39, 0.29) is 40.6 Å². The molecule has 16 heteroatoms. The molecule has 0 radical (unpaired) electrons. The molecule has 6 aromatic rings. The minimum Gasteiger partial charge on any atom is -0.505 e. The highest BCUT2D eigenvalue weighted by Gasteiger charge is 2.25. The Morgan fingerprint density at radius 1 is 0.641 bits per heavy atom. The standard InChI is InChI=1S/C24H33N5O2.C20H23N3O3.C4H12N2O/c1-24(2,3)18-15-17(11-12-22(30)26-14-8-4-7-13-25)16-21(23(18)31)29-27-19-9-5-6-10-20(19)28-29;1-20(2,3)14-11-13(9-10-18(24)26-4)12-17(19(14)25)23-21-15-7-5-6-8-16(15)22-23;5-3-1-2-4-7-6/h5-6,9-10,15-16,31H,4,7-8,11-14,25H2,1-3H3,(H,26,30);5-8,11-12,25H,9-10H2,1-4H3;1-6H2. The van der Waals surface area contributed by atoms with E-state index in [4.69, 9.17) is 22.1 Å². The van der Waals surface area contributed by atoms with E-state index in [1.165, 1.54) is 16.7 Å². The molecule has 0 saturated carbocycles. The summed E-state index contributed by atoms with van der Waals surface area (Å²) in [5, 5.41) is 42.8. The summed E-state index contributed by atoms with van der Waals surface area (Å²) < 4.78 is 4.73. The number of methoxy groups -OCH3 is 1. The molecule has 2 aromatic heterocycles. The van der Waals surface area contributed by atoms with Gasteiger partial charge in [-0.1, -0.05) is 84.4 Å². The van der Waals surface area contributed by atoms with Crippen LogP contribution in [0.15, 0.2) is 72.8 Å². The number of aromatic hydroxyl groups is 2. The van der Waals surface area contributed by atoms with Gasteiger partial charge in [-0.2, -0.15) is 0 Å². The molecule has 346 valence electrons. The monoisotopic (exact) mass is 881 g/mol. The number of carbonyl (C=O) groups excluding carboxylic acids is 2. The fourth-order valence-corrected chi connectivity index (χ4v) is 6.73. The molecular formula is C48H68N10O6. The third-order valence-corrected chi connectivity index (χ3v) is 10.3. The smallest absolute Gasteiger partial charge is 0.305 e. The molecule has 4 aromatic carbocycles. The van der Waals surface area contributed by atoms with Crippen LogP contribution < -0.4 is 22.7 Å². The van der Waals surface area contributed by atoms with E-state index in [0.717, 1.165) is 83.0 Å². The molecular weight excluding hydrogens is 813 g/mol. The number of phenolic OH excluding ortho intramolecular Hbond substituents is 2. The fourth-order valence-electron chi connectivity index (χ4n) is 6.73. The number of amides is 1. The number of unbranched alkanes of at least 4 members (excludes halogenated alkanes) is 3. The zero-order valence-electron chi connectivity index (χ0n) is 38.6. The van der Waals surface area contributed by atoms with Gasteiger partial charge in [-0.25, -0.2) is 5.90 Å². The van der Waals surface area contributed by atoms with Crippen molar-refractivity contribution >= 4 is 33.9 Å². The Morgan fingerprint density at radius 3 is 1.45 bits per heavy atom. The number of benzene rings is 4. The molecule has 0 saturated heterocycles. The van der Waals surface area contributed by atoms with Crippen molar-refractivity contribution in [3.05, 3.63) is 95.1 Å². The lowest BCUT2D eigenvalue weighted by Crippen LogP contribution is -2.24. The van der Waals surface area contributed by atoms with E-state index in [9.17, 15) is 19.8 Å². The van der Waals surface area contributed by atoms with Crippen molar-refractivity contribution in [3.8, 4) is 22.9 Å². The van der Waals surface area contributed by atoms with Crippen molar-refractivity contribution in [2.75, 3.05) is 33.4 Å². The lowest BCUT2D eigenvalue weighted by Gasteiger charge is -2.23. The van der Waals surface area contributed by atoms with Crippen LogP contribution in [-0.4, -0.2) is 85.4 Å². The summed E-state index contributed by atoms with van der Waals surface area (Å²) >= 11 is 0. The zero-order valence-corrected chi connectivity index (χ0v) is 38.6. The molecule has 1 amide bonds. The van der Waals surface area contributed by atoms with E-state index in [1.54, 1.807) is 0 Å². The third-order valence-electron chi connectivity index (χ3n) is 10.3. The summed E-state index contributed by atoms with van der Waals surface area (Å²) in [5.74, 6) is 4.81. The van der Waals surface area contributed by atoms with Crippen LogP contribution in [0.2, 0.25) is 0 Å². The van der Waals surface area contributed by atoms with Crippen LogP contribution in [0, 0.1) is 0 Å². The molecule has 0 bridgehead atoms. The quantitative estimate of drug-likeness (QED) is 0.0316. The predicted octanol–water partition coefficient (Wildman–Crippen LogP) is 6.75. The molecule has 2 heterocycles. The van der Waals surface area contributed by atoms with Gasteiger partial charge in [0.25, 0.3) is 0 Å². The van der Waals surface area contributed by atoms with Gasteiger partial charge in [-0.3, -0.25) is 9.59 Å². The first-order valence-corrected chi connectivity index (χ1v) is 21.9. The number of nitrogens with one attached hydrogen (secondary N) is 1. The normalized spacial score (nSPS) is 11.5. The first-order chi connectivity index (χ1) is 30.5. The van der Waals surface area contributed by atoms with E-state index in [1.807, 2.05) is 93.6 Å². The van der Waals surface area contributed by atoms with Crippen LogP contribution in [-0.2, 0) is 42.8 Å². The van der Waals surface area contributed by atoms with Crippen LogP contribution in [0.4, 0.5) is 0 Å². The Balaban J connectivity index is 0.000000247. The number of esters is 1. The number of aromatic nitrogens is 6. The Kier molecular flexibility index (Phi) is 19.2. The maximum absolute atomic E-state index is 12.3. The molecule has 0 aliphatic carbocycles. The minimum atomic E-state index is -0.271. The van der Waals surface area contributed by atoms with Gasteiger partial charge in [-0.15, -0.1) is 30.0 Å². The molecule has 16 nitrogen and oxygen atoms in total. The van der Waals surface area contributed by atoms with Crippen molar-refractivity contribution in [2.24, 2.45) is 17.4 Å². The van der Waals surface area contributed by atoms with Gasteiger partial charge in [0.2, 0.25) is 5.91 Å². The topological polar surface area (TPSA) is 245 Å². The average molecular weight is 881 g/mol. The van der Waals surface area contributed by atoms with Crippen molar-refractivity contribution in [1.29, 1.82) is 0 Å². The Bertz CT molecular complexity index is 2340. The number of ether oxygens (including phenoxy) is 1. The maximum atomic E-state index is 12.3. The lowest BCUT2D eigenvalue weighted by molar-refractivity contribution is -0.140. The Labute approximate surface area is 376 Å². The van der Waals surface area contributed by atoms with E-state index in [2.05, 4.69) is 51.3 Å². The summed E-state index contributed by atoms with van der Waals surface area (Å²) in [6.45, 7) is 15.0. The third kappa shape index (κ3) is 14.8. The van der Waals surface area contributed by atoms with E-state index in [0.29, 0.717) is 50.3 Å². The fraction of sp³-hybridized carbons (Fsp3) is 0.458. The molecule has 0 aliphatic heterocycles. The van der Waals surface area contributed by atoms with Crippen LogP contribution in [0.3, 0.4) is 0 Å². The largest absolute Gasteiger partial charge is 0.505 e. The molecule has 0 aliphatic rings. The van der Waals surface area contributed by atoms with Gasteiger partial charge in [0.05, 0.1) is 13.7 Å². The van der Waals surface area contributed by atoms with Crippen molar-refractivity contribution < 1.29 is 29.4 Å². The SMILES string of the molecule is CC(C)(C)c1cc(CCC(=O)NCCCCCN)cc(-n2nc3ccccc3n2)c1O.COC(=O)CCc1cc(-n2nc3ccccc3n2)c(O)c(C(C)(C)C)c1.NCCCCON. The first-order valence-electron chi connectivity index (χ1n) is 21.9. The highest BCUT2D eigenvalue weighted by molar-refractivity contribution is 5.77. The second-order valence-electron chi connectivity index (χ2n) is 17.6. The number of aryl methyl sites for hydroxylation is 2. The maximum Gasteiger partial charge on any atom is 0.305 e. The second kappa shape index (κ2) is 24.2.